The number of hydrogen-bond acceptors (Lipinski definition) is 4. The van der Waals surface area contributed by atoms with Gasteiger partial charge in [0.2, 0.25) is 0 Å². The second-order valence-corrected chi connectivity index (χ2v) is 7.22. The van der Waals surface area contributed by atoms with E-state index in [-0.39, 0.29) is 0 Å². The number of aromatic nitrogens is 2. The van der Waals surface area contributed by atoms with Gasteiger partial charge in [0.15, 0.2) is 0 Å². The van der Waals surface area contributed by atoms with Gasteiger partial charge in [0.25, 0.3) is 0 Å². The lowest BCUT2D eigenvalue weighted by atomic mass is 9.98. The summed E-state index contributed by atoms with van der Waals surface area (Å²) in [4.78, 5) is 9.40. The van der Waals surface area contributed by atoms with Crippen LogP contribution in [0.4, 0.5) is 0 Å². The van der Waals surface area contributed by atoms with Gasteiger partial charge in [-0.05, 0) is 44.7 Å². The molecule has 1 aliphatic carbocycles. The third-order valence-corrected chi connectivity index (χ3v) is 5.59. The van der Waals surface area contributed by atoms with Crippen LogP contribution < -0.4 is 5.73 Å². The van der Waals surface area contributed by atoms with Crippen molar-refractivity contribution in [2.75, 3.05) is 6.54 Å². The molecule has 0 radical (unpaired) electrons. The first-order chi connectivity index (χ1) is 9.61. The Morgan fingerprint density at radius 1 is 1.15 bits per heavy atom. The third kappa shape index (κ3) is 3.95. The largest absolute Gasteiger partial charge is 0.330 e. The van der Waals surface area contributed by atoms with Crippen LogP contribution in [0.15, 0.2) is 0 Å². The van der Waals surface area contributed by atoms with Crippen molar-refractivity contribution < 1.29 is 0 Å². The van der Waals surface area contributed by atoms with Gasteiger partial charge in [0, 0.05) is 16.6 Å². The Bertz CT molecular complexity index is 418. The van der Waals surface area contributed by atoms with E-state index >= 15 is 0 Å². The van der Waals surface area contributed by atoms with Crippen molar-refractivity contribution in [1.29, 1.82) is 0 Å². The standard InChI is InChI=1S/C16H27N3S/c1-11(9-17)16-12(2)18-15(19-13(16)3)10-20-14-7-5-4-6-8-14/h11,14H,4-10,17H2,1-3H3. The maximum Gasteiger partial charge on any atom is 0.138 e. The van der Waals surface area contributed by atoms with E-state index in [9.17, 15) is 0 Å². The zero-order chi connectivity index (χ0) is 14.5. The molecular formula is C16H27N3S. The lowest BCUT2D eigenvalue weighted by Crippen LogP contribution is -2.15. The molecule has 1 unspecified atom stereocenters. The highest BCUT2D eigenvalue weighted by atomic mass is 32.2. The number of hydrogen-bond donors (Lipinski definition) is 1. The van der Waals surface area contributed by atoms with Crippen LogP contribution in [0.1, 0.15) is 67.7 Å². The summed E-state index contributed by atoms with van der Waals surface area (Å²) in [6.07, 6.45) is 6.93. The summed E-state index contributed by atoms with van der Waals surface area (Å²) in [5.74, 6) is 2.28. The average Bonchev–Trinajstić information content (AvgIpc) is 2.45. The van der Waals surface area contributed by atoms with Crippen molar-refractivity contribution in [3.05, 3.63) is 22.8 Å². The van der Waals surface area contributed by atoms with Crippen molar-refractivity contribution in [1.82, 2.24) is 9.97 Å². The van der Waals surface area contributed by atoms with Gasteiger partial charge in [0.05, 0.1) is 5.75 Å². The molecule has 1 saturated carbocycles. The summed E-state index contributed by atoms with van der Waals surface area (Å²) in [6, 6.07) is 0. The van der Waals surface area contributed by atoms with Gasteiger partial charge in [0.1, 0.15) is 5.82 Å². The van der Waals surface area contributed by atoms with Gasteiger partial charge in [-0.3, -0.25) is 0 Å². The molecule has 2 rings (SSSR count). The fraction of sp³-hybridized carbons (Fsp3) is 0.750. The summed E-state index contributed by atoms with van der Waals surface area (Å²) < 4.78 is 0. The van der Waals surface area contributed by atoms with E-state index in [1.807, 2.05) is 11.8 Å². The van der Waals surface area contributed by atoms with E-state index in [0.29, 0.717) is 12.5 Å². The van der Waals surface area contributed by atoms with Crippen LogP contribution >= 0.6 is 11.8 Å². The van der Waals surface area contributed by atoms with E-state index < -0.39 is 0 Å². The van der Waals surface area contributed by atoms with Gasteiger partial charge < -0.3 is 5.73 Å². The normalized spacial score (nSPS) is 18.2. The molecule has 4 heteroatoms. The van der Waals surface area contributed by atoms with Gasteiger partial charge in [-0.2, -0.15) is 11.8 Å². The number of nitrogens with two attached hydrogens (primary N) is 1. The smallest absolute Gasteiger partial charge is 0.138 e. The van der Waals surface area contributed by atoms with E-state index in [4.69, 9.17) is 15.7 Å². The summed E-state index contributed by atoms with van der Waals surface area (Å²) in [6.45, 7) is 6.98. The third-order valence-electron chi connectivity index (χ3n) is 4.22. The lowest BCUT2D eigenvalue weighted by molar-refractivity contribution is 0.516. The minimum Gasteiger partial charge on any atom is -0.330 e. The first-order valence-corrected chi connectivity index (χ1v) is 8.82. The van der Waals surface area contributed by atoms with Crippen LogP contribution in [0.25, 0.3) is 0 Å². The summed E-state index contributed by atoms with van der Waals surface area (Å²) in [7, 11) is 0. The predicted molar refractivity (Wildman–Crippen MR) is 87.1 cm³/mol. The zero-order valence-electron chi connectivity index (χ0n) is 13.0. The molecule has 112 valence electrons. The van der Waals surface area contributed by atoms with Crippen molar-refractivity contribution >= 4 is 11.8 Å². The van der Waals surface area contributed by atoms with Crippen LogP contribution in [0.3, 0.4) is 0 Å². The van der Waals surface area contributed by atoms with E-state index in [2.05, 4.69) is 20.8 Å². The minimum atomic E-state index is 0.343. The highest BCUT2D eigenvalue weighted by molar-refractivity contribution is 7.99. The van der Waals surface area contributed by atoms with Crippen molar-refractivity contribution in [3.8, 4) is 0 Å². The minimum absolute atomic E-state index is 0.343. The number of rotatable bonds is 5. The van der Waals surface area contributed by atoms with Gasteiger partial charge >= 0.3 is 0 Å². The second-order valence-electron chi connectivity index (χ2n) is 5.93. The number of thioether (sulfide) groups is 1. The Balaban J connectivity index is 2.02. The fourth-order valence-corrected chi connectivity index (χ4v) is 4.29. The Morgan fingerprint density at radius 3 is 2.30 bits per heavy atom. The molecule has 1 aromatic rings. The molecule has 0 saturated heterocycles. The number of nitrogens with zero attached hydrogens (tertiary/aromatic N) is 2. The molecule has 20 heavy (non-hydrogen) atoms. The molecule has 1 aliphatic rings. The monoisotopic (exact) mass is 293 g/mol. The van der Waals surface area contributed by atoms with Crippen LogP contribution in [0.5, 0.6) is 0 Å². The molecule has 1 heterocycles. The Hall–Kier alpha value is -0.610. The van der Waals surface area contributed by atoms with Gasteiger partial charge in [-0.1, -0.05) is 26.2 Å². The highest BCUT2D eigenvalue weighted by Crippen LogP contribution is 2.30. The Labute approximate surface area is 127 Å². The quantitative estimate of drug-likeness (QED) is 0.899. The molecule has 2 N–H and O–H groups in total. The fourth-order valence-electron chi connectivity index (χ4n) is 3.11. The average molecular weight is 293 g/mol. The van der Waals surface area contributed by atoms with Gasteiger partial charge in [-0.25, -0.2) is 9.97 Å². The summed E-state index contributed by atoms with van der Waals surface area (Å²) in [5, 5.41) is 0.815. The topological polar surface area (TPSA) is 51.8 Å². The summed E-state index contributed by atoms with van der Waals surface area (Å²) in [5.41, 5.74) is 9.22. The van der Waals surface area contributed by atoms with Crippen molar-refractivity contribution in [2.45, 2.75) is 69.8 Å². The number of aryl methyl sites for hydroxylation is 2. The van der Waals surface area contributed by atoms with Crippen LogP contribution in [-0.4, -0.2) is 21.8 Å². The molecule has 1 fully saturated rings. The first-order valence-electron chi connectivity index (χ1n) is 7.77. The summed E-state index contributed by atoms with van der Waals surface area (Å²) >= 11 is 2.04. The Kier molecular flexibility index (Phi) is 5.85. The molecule has 0 bridgehead atoms. The molecular weight excluding hydrogens is 266 g/mol. The maximum atomic E-state index is 5.78. The lowest BCUT2D eigenvalue weighted by Gasteiger charge is -2.21. The molecule has 0 spiro atoms. The maximum absolute atomic E-state index is 5.78. The van der Waals surface area contributed by atoms with Crippen LogP contribution in [-0.2, 0) is 5.75 Å². The molecule has 1 atom stereocenters. The van der Waals surface area contributed by atoms with Crippen LogP contribution in [0, 0.1) is 13.8 Å². The van der Waals surface area contributed by atoms with E-state index in [1.165, 1.54) is 37.7 Å². The molecule has 0 aromatic carbocycles. The second kappa shape index (κ2) is 7.41. The zero-order valence-corrected chi connectivity index (χ0v) is 13.8. The SMILES string of the molecule is Cc1nc(CSC2CCCCC2)nc(C)c1C(C)CN. The van der Waals surface area contributed by atoms with Crippen LogP contribution in [0.2, 0.25) is 0 Å². The van der Waals surface area contributed by atoms with E-state index in [0.717, 1.165) is 28.2 Å². The molecule has 3 nitrogen and oxygen atoms in total. The molecule has 1 aromatic heterocycles. The molecule has 0 aliphatic heterocycles. The van der Waals surface area contributed by atoms with Crippen molar-refractivity contribution in [2.24, 2.45) is 5.73 Å². The highest BCUT2D eigenvalue weighted by Gasteiger charge is 2.17. The molecule has 0 amide bonds. The first kappa shape index (κ1) is 15.8. The van der Waals surface area contributed by atoms with Crippen molar-refractivity contribution in [3.63, 3.8) is 0 Å². The predicted octanol–water partition coefficient (Wildman–Crippen LogP) is 3.72. The van der Waals surface area contributed by atoms with Gasteiger partial charge in [-0.15, -0.1) is 0 Å². The Morgan fingerprint density at radius 2 is 1.75 bits per heavy atom. The van der Waals surface area contributed by atoms with E-state index in [1.54, 1.807) is 0 Å².